The van der Waals surface area contributed by atoms with Gasteiger partial charge in [0.2, 0.25) is 0 Å². The first-order valence-electron chi connectivity index (χ1n) is 5.46. The van der Waals surface area contributed by atoms with Gasteiger partial charge in [-0.15, -0.1) is 0 Å². The Balaban J connectivity index is 3.32. The minimum absolute atomic E-state index is 0.0217. The highest BCUT2D eigenvalue weighted by molar-refractivity contribution is 5.79. The normalized spacial score (nSPS) is 11.2. The van der Waals surface area contributed by atoms with E-state index in [9.17, 15) is 18.7 Å². The van der Waals surface area contributed by atoms with Crippen LogP contribution < -0.4 is 0 Å². The van der Waals surface area contributed by atoms with Crippen LogP contribution in [-0.2, 0) is 11.2 Å². The molecule has 94 valence electrons. The zero-order chi connectivity index (χ0) is 13.2. The third kappa shape index (κ3) is 3.25. The molecule has 0 saturated carbocycles. The molecule has 0 aliphatic carbocycles. The van der Waals surface area contributed by atoms with Crippen molar-refractivity contribution in [1.82, 2.24) is 0 Å². The Labute approximate surface area is 99.3 Å². The van der Waals surface area contributed by atoms with Gasteiger partial charge in [0, 0.05) is 12.0 Å². The lowest BCUT2D eigenvalue weighted by molar-refractivity contribution is -0.116. The van der Waals surface area contributed by atoms with E-state index < -0.39 is 17.7 Å². The molecule has 0 radical (unpaired) electrons. The maximum Gasteiger partial charge on any atom is 0.267 e. The predicted molar refractivity (Wildman–Crippen MR) is 61.5 cm³/mol. The van der Waals surface area contributed by atoms with E-state index in [2.05, 4.69) is 0 Å². The van der Waals surface area contributed by atoms with Gasteiger partial charge in [0.1, 0.15) is 11.5 Å². The number of carbonyl (C=O) groups is 1. The van der Waals surface area contributed by atoms with E-state index in [1.54, 1.807) is 6.07 Å². The minimum Gasteiger partial charge on any atom is -0.507 e. The summed E-state index contributed by atoms with van der Waals surface area (Å²) in [6.07, 6.45) is -2.76. The molecule has 0 aromatic heterocycles. The van der Waals surface area contributed by atoms with Crippen molar-refractivity contribution in [2.24, 2.45) is 0 Å². The molecule has 0 heterocycles. The van der Waals surface area contributed by atoms with Crippen molar-refractivity contribution >= 4 is 5.78 Å². The Bertz CT molecular complexity index is 426. The fourth-order valence-electron chi connectivity index (χ4n) is 1.65. The largest absolute Gasteiger partial charge is 0.507 e. The number of aromatic hydroxyl groups is 1. The number of hydrogen-bond donors (Lipinski definition) is 1. The number of phenolic OH excluding ortho intramolecular Hbond substituents is 1. The molecule has 4 heteroatoms. The summed E-state index contributed by atoms with van der Waals surface area (Å²) >= 11 is 0. The molecule has 0 aliphatic heterocycles. The molecule has 0 atom stereocenters. The van der Waals surface area contributed by atoms with Crippen LogP contribution in [0, 0.1) is 0 Å². The fraction of sp³-hybridized carbons (Fsp3) is 0.462. The minimum atomic E-state index is -2.74. The molecule has 1 aromatic carbocycles. The summed E-state index contributed by atoms with van der Waals surface area (Å²) in [4.78, 5) is 11.0. The number of hydrogen-bond acceptors (Lipinski definition) is 2. The number of ketones is 1. The standard InChI is InChI=1S/C13H16F2O2/c1-7(2)9-5-10(4-8(3)16)12(17)11(6-9)13(14)15/h5-7,13,17H,4H2,1-3H3. The van der Waals surface area contributed by atoms with Gasteiger partial charge in [0.15, 0.2) is 0 Å². The van der Waals surface area contributed by atoms with Crippen molar-refractivity contribution in [3.63, 3.8) is 0 Å². The van der Waals surface area contributed by atoms with Crippen LogP contribution in [0.4, 0.5) is 8.78 Å². The number of benzene rings is 1. The number of rotatable bonds is 4. The third-order valence-corrected chi connectivity index (χ3v) is 2.58. The van der Waals surface area contributed by atoms with Gasteiger partial charge < -0.3 is 5.11 Å². The predicted octanol–water partition coefficient (Wildman–Crippen LogP) is 3.58. The maximum atomic E-state index is 12.7. The van der Waals surface area contributed by atoms with Crippen LogP contribution in [0.25, 0.3) is 0 Å². The summed E-state index contributed by atoms with van der Waals surface area (Å²) in [5.41, 5.74) is 0.584. The topological polar surface area (TPSA) is 37.3 Å². The Kier molecular flexibility index (Phi) is 4.21. The third-order valence-electron chi connectivity index (χ3n) is 2.58. The van der Waals surface area contributed by atoms with E-state index in [0.29, 0.717) is 5.56 Å². The molecule has 0 amide bonds. The Morgan fingerprint density at radius 1 is 1.35 bits per heavy atom. The Hall–Kier alpha value is -1.45. The monoisotopic (exact) mass is 242 g/mol. The second-order valence-electron chi connectivity index (χ2n) is 4.45. The molecule has 0 spiro atoms. The van der Waals surface area contributed by atoms with Crippen molar-refractivity contribution < 1.29 is 18.7 Å². The van der Waals surface area contributed by atoms with Gasteiger partial charge >= 0.3 is 0 Å². The Morgan fingerprint density at radius 2 is 1.94 bits per heavy atom. The highest BCUT2D eigenvalue weighted by Crippen LogP contribution is 2.34. The average molecular weight is 242 g/mol. The van der Waals surface area contributed by atoms with Crippen LogP contribution in [0.3, 0.4) is 0 Å². The summed E-state index contributed by atoms with van der Waals surface area (Å²) < 4.78 is 25.5. The lowest BCUT2D eigenvalue weighted by Crippen LogP contribution is -2.02. The van der Waals surface area contributed by atoms with E-state index in [1.165, 1.54) is 13.0 Å². The van der Waals surface area contributed by atoms with Crippen LogP contribution in [0.2, 0.25) is 0 Å². The first kappa shape index (κ1) is 13.6. The highest BCUT2D eigenvalue weighted by Gasteiger charge is 2.19. The lowest BCUT2D eigenvalue weighted by Gasteiger charge is -2.14. The van der Waals surface area contributed by atoms with Crippen molar-refractivity contribution in [3.8, 4) is 5.75 Å². The molecule has 2 nitrogen and oxygen atoms in total. The van der Waals surface area contributed by atoms with E-state index in [4.69, 9.17) is 0 Å². The quantitative estimate of drug-likeness (QED) is 0.876. The van der Waals surface area contributed by atoms with E-state index in [1.807, 2.05) is 13.8 Å². The van der Waals surface area contributed by atoms with Crippen LogP contribution in [0.5, 0.6) is 5.75 Å². The molecule has 1 rings (SSSR count). The fourth-order valence-corrected chi connectivity index (χ4v) is 1.65. The lowest BCUT2D eigenvalue weighted by atomic mass is 9.95. The highest BCUT2D eigenvalue weighted by atomic mass is 19.3. The molecule has 0 aliphatic rings. The number of Topliss-reactive ketones (excluding diaryl/α,β-unsaturated/α-hetero) is 1. The van der Waals surface area contributed by atoms with Crippen LogP contribution in [0.1, 0.15) is 49.8 Å². The summed E-state index contributed by atoms with van der Waals surface area (Å²) in [6.45, 7) is 5.11. The molecule has 17 heavy (non-hydrogen) atoms. The molecular weight excluding hydrogens is 226 g/mol. The summed E-state index contributed by atoms with van der Waals surface area (Å²) in [6, 6.07) is 2.92. The van der Waals surface area contributed by atoms with Gasteiger partial charge in [-0.05, 0) is 24.5 Å². The molecule has 0 fully saturated rings. The molecule has 1 aromatic rings. The molecule has 0 unspecified atom stereocenters. The second kappa shape index (κ2) is 5.25. The molecule has 0 bridgehead atoms. The van der Waals surface area contributed by atoms with Gasteiger partial charge in [-0.3, -0.25) is 4.79 Å². The van der Waals surface area contributed by atoms with Crippen LogP contribution >= 0.6 is 0 Å². The van der Waals surface area contributed by atoms with Crippen molar-refractivity contribution in [1.29, 1.82) is 0 Å². The first-order chi connectivity index (χ1) is 7.82. The van der Waals surface area contributed by atoms with Gasteiger partial charge in [-0.1, -0.05) is 19.9 Å². The van der Waals surface area contributed by atoms with E-state index >= 15 is 0 Å². The number of carbonyl (C=O) groups excluding carboxylic acids is 1. The molecule has 0 saturated heterocycles. The maximum absolute atomic E-state index is 12.7. The number of alkyl halides is 2. The van der Waals surface area contributed by atoms with Crippen molar-refractivity contribution in [3.05, 3.63) is 28.8 Å². The SMILES string of the molecule is CC(=O)Cc1cc(C(C)C)cc(C(F)F)c1O. The molecular formula is C13H16F2O2. The molecule has 1 N–H and O–H groups in total. The summed E-state index contributed by atoms with van der Waals surface area (Å²) in [5, 5.41) is 9.68. The smallest absolute Gasteiger partial charge is 0.267 e. The summed E-state index contributed by atoms with van der Waals surface area (Å²) in [7, 11) is 0. The number of phenols is 1. The second-order valence-corrected chi connectivity index (χ2v) is 4.45. The van der Waals surface area contributed by atoms with Gasteiger partial charge in [0.05, 0.1) is 5.56 Å². The Morgan fingerprint density at radius 3 is 2.35 bits per heavy atom. The van der Waals surface area contributed by atoms with E-state index in [-0.39, 0.29) is 23.7 Å². The van der Waals surface area contributed by atoms with Crippen molar-refractivity contribution in [2.75, 3.05) is 0 Å². The van der Waals surface area contributed by atoms with E-state index in [0.717, 1.165) is 0 Å². The van der Waals surface area contributed by atoms with Crippen LogP contribution in [0.15, 0.2) is 12.1 Å². The van der Waals surface area contributed by atoms with Gasteiger partial charge in [-0.2, -0.15) is 0 Å². The zero-order valence-electron chi connectivity index (χ0n) is 10.1. The summed E-state index contributed by atoms with van der Waals surface area (Å²) in [5.74, 6) is -0.556. The van der Waals surface area contributed by atoms with Gasteiger partial charge in [-0.25, -0.2) is 8.78 Å². The number of halogens is 2. The average Bonchev–Trinajstić information content (AvgIpc) is 2.19. The van der Waals surface area contributed by atoms with Crippen molar-refractivity contribution in [2.45, 2.75) is 39.5 Å². The zero-order valence-corrected chi connectivity index (χ0v) is 10.1. The van der Waals surface area contributed by atoms with Gasteiger partial charge in [0.25, 0.3) is 6.43 Å². The van der Waals surface area contributed by atoms with Crippen LogP contribution in [-0.4, -0.2) is 10.9 Å². The first-order valence-corrected chi connectivity index (χ1v) is 5.46.